The van der Waals surface area contributed by atoms with E-state index in [0.717, 1.165) is 25.0 Å². The van der Waals surface area contributed by atoms with Gasteiger partial charge in [-0.1, -0.05) is 56.3 Å². The van der Waals surface area contributed by atoms with Gasteiger partial charge in [-0.3, -0.25) is 4.79 Å². The van der Waals surface area contributed by atoms with Gasteiger partial charge in [0.05, 0.1) is 6.10 Å². The fraction of sp³-hybridized carbons (Fsp3) is 0.409. The molecule has 0 saturated carbocycles. The van der Waals surface area contributed by atoms with Crippen molar-refractivity contribution in [3.05, 3.63) is 65.8 Å². The number of nitrogens with zero attached hydrogens (tertiary/aromatic N) is 3. The maximum Gasteiger partial charge on any atom is 0.272 e. The second-order valence-corrected chi connectivity index (χ2v) is 7.11. The molecule has 2 heterocycles. The topological polar surface area (TPSA) is 55.3 Å². The van der Waals surface area contributed by atoms with Crippen molar-refractivity contribution in [1.29, 1.82) is 0 Å². The molecule has 0 aliphatic carbocycles. The Bertz CT molecular complexity index is 768. The lowest BCUT2D eigenvalue weighted by atomic mass is 10.2. The van der Waals surface area contributed by atoms with Gasteiger partial charge in [0.25, 0.3) is 5.91 Å². The third kappa shape index (κ3) is 5.47. The Morgan fingerprint density at radius 3 is 2.81 bits per heavy atom. The van der Waals surface area contributed by atoms with Crippen LogP contribution in [0.25, 0.3) is 6.08 Å². The standard InChI is InChI=1S/C22H27N3O2/c1-17(2)21-23-13-12-20(24-21)22(26)25(16-19-11-7-15-27-19)14-6-10-18-8-4-3-5-9-18/h3-6,8-10,12-13,17,19H,7,11,14-16H2,1-2H3. The lowest BCUT2D eigenvalue weighted by Crippen LogP contribution is -2.38. The molecule has 1 unspecified atom stereocenters. The summed E-state index contributed by atoms with van der Waals surface area (Å²) in [4.78, 5) is 23.6. The van der Waals surface area contributed by atoms with Crippen LogP contribution in [0.4, 0.5) is 0 Å². The van der Waals surface area contributed by atoms with Crippen LogP contribution in [0.15, 0.2) is 48.7 Å². The van der Waals surface area contributed by atoms with Crippen molar-refractivity contribution in [2.45, 2.75) is 38.7 Å². The molecule has 5 nitrogen and oxygen atoms in total. The van der Waals surface area contributed by atoms with E-state index in [4.69, 9.17) is 4.74 Å². The maximum atomic E-state index is 13.1. The van der Waals surface area contributed by atoms with Gasteiger partial charge in [-0.25, -0.2) is 9.97 Å². The second-order valence-electron chi connectivity index (χ2n) is 7.11. The molecular formula is C22H27N3O2. The Morgan fingerprint density at radius 2 is 2.11 bits per heavy atom. The molecule has 1 saturated heterocycles. The van der Waals surface area contributed by atoms with E-state index in [-0.39, 0.29) is 17.9 Å². The van der Waals surface area contributed by atoms with Gasteiger partial charge in [-0.2, -0.15) is 0 Å². The van der Waals surface area contributed by atoms with Crippen molar-refractivity contribution in [2.24, 2.45) is 0 Å². The molecule has 1 aliphatic heterocycles. The van der Waals surface area contributed by atoms with E-state index in [1.54, 1.807) is 12.3 Å². The zero-order valence-electron chi connectivity index (χ0n) is 16.0. The molecule has 1 aromatic carbocycles. The Hall–Kier alpha value is -2.53. The first-order valence-electron chi connectivity index (χ1n) is 9.59. The fourth-order valence-corrected chi connectivity index (χ4v) is 3.09. The summed E-state index contributed by atoms with van der Waals surface area (Å²) in [6.45, 7) is 5.93. The van der Waals surface area contributed by atoms with Crippen LogP contribution < -0.4 is 0 Å². The van der Waals surface area contributed by atoms with Crippen molar-refractivity contribution in [3.8, 4) is 0 Å². The van der Waals surface area contributed by atoms with E-state index in [2.05, 4.69) is 9.97 Å². The third-order valence-corrected chi connectivity index (χ3v) is 4.58. The third-order valence-electron chi connectivity index (χ3n) is 4.58. The van der Waals surface area contributed by atoms with Crippen molar-refractivity contribution >= 4 is 12.0 Å². The number of hydrogen-bond acceptors (Lipinski definition) is 4. The normalized spacial score (nSPS) is 16.9. The van der Waals surface area contributed by atoms with E-state index < -0.39 is 0 Å². The first-order chi connectivity index (χ1) is 13.1. The van der Waals surface area contributed by atoms with E-state index in [0.29, 0.717) is 24.6 Å². The molecule has 0 radical (unpaired) electrons. The van der Waals surface area contributed by atoms with Crippen LogP contribution in [-0.4, -0.2) is 46.6 Å². The van der Waals surface area contributed by atoms with E-state index in [1.165, 1.54) is 0 Å². The highest BCUT2D eigenvalue weighted by atomic mass is 16.5. The van der Waals surface area contributed by atoms with Gasteiger partial charge in [0.2, 0.25) is 0 Å². The molecule has 1 fully saturated rings. The highest BCUT2D eigenvalue weighted by Crippen LogP contribution is 2.16. The van der Waals surface area contributed by atoms with E-state index in [1.807, 2.05) is 61.2 Å². The molecule has 0 bridgehead atoms. The van der Waals surface area contributed by atoms with Gasteiger partial charge in [0, 0.05) is 31.8 Å². The van der Waals surface area contributed by atoms with Crippen LogP contribution in [0.3, 0.4) is 0 Å². The van der Waals surface area contributed by atoms with Gasteiger partial charge in [-0.05, 0) is 24.5 Å². The highest BCUT2D eigenvalue weighted by molar-refractivity contribution is 5.92. The highest BCUT2D eigenvalue weighted by Gasteiger charge is 2.24. The minimum absolute atomic E-state index is 0.0764. The van der Waals surface area contributed by atoms with Gasteiger partial charge in [0.15, 0.2) is 0 Å². The van der Waals surface area contributed by atoms with Gasteiger partial charge >= 0.3 is 0 Å². The van der Waals surface area contributed by atoms with Crippen molar-refractivity contribution < 1.29 is 9.53 Å². The minimum Gasteiger partial charge on any atom is -0.376 e. The average molecular weight is 365 g/mol. The van der Waals surface area contributed by atoms with Crippen LogP contribution in [0, 0.1) is 0 Å². The van der Waals surface area contributed by atoms with Crippen molar-refractivity contribution in [2.75, 3.05) is 19.7 Å². The summed E-state index contributed by atoms with van der Waals surface area (Å²) in [6, 6.07) is 11.8. The van der Waals surface area contributed by atoms with E-state index >= 15 is 0 Å². The monoisotopic (exact) mass is 365 g/mol. The molecule has 1 atom stereocenters. The summed E-state index contributed by atoms with van der Waals surface area (Å²) in [6.07, 6.45) is 7.87. The number of carbonyl (C=O) groups excluding carboxylic acids is 1. The number of benzene rings is 1. The molecule has 27 heavy (non-hydrogen) atoms. The average Bonchev–Trinajstić information content (AvgIpc) is 3.21. The largest absolute Gasteiger partial charge is 0.376 e. The first kappa shape index (κ1) is 19.2. The number of hydrogen-bond donors (Lipinski definition) is 0. The summed E-state index contributed by atoms with van der Waals surface area (Å²) in [5.41, 5.74) is 1.56. The SMILES string of the molecule is CC(C)c1nccc(C(=O)N(CC=Cc2ccccc2)CC2CCCO2)n1. The number of carbonyl (C=O) groups is 1. The van der Waals surface area contributed by atoms with Gasteiger partial charge < -0.3 is 9.64 Å². The van der Waals surface area contributed by atoms with Crippen molar-refractivity contribution in [3.63, 3.8) is 0 Å². The zero-order valence-corrected chi connectivity index (χ0v) is 16.0. The van der Waals surface area contributed by atoms with Crippen LogP contribution in [0.1, 0.15) is 54.5 Å². The zero-order chi connectivity index (χ0) is 19.1. The van der Waals surface area contributed by atoms with Crippen LogP contribution in [0.5, 0.6) is 0 Å². The Morgan fingerprint density at radius 1 is 1.30 bits per heavy atom. The summed E-state index contributed by atoms with van der Waals surface area (Å²) in [5, 5.41) is 0. The first-order valence-corrected chi connectivity index (χ1v) is 9.59. The van der Waals surface area contributed by atoms with Gasteiger partial charge in [-0.15, -0.1) is 0 Å². The maximum absolute atomic E-state index is 13.1. The Kier molecular flexibility index (Phi) is 6.71. The smallest absolute Gasteiger partial charge is 0.272 e. The molecule has 0 N–H and O–H groups in total. The molecule has 1 aromatic heterocycles. The van der Waals surface area contributed by atoms with Crippen LogP contribution in [0.2, 0.25) is 0 Å². The van der Waals surface area contributed by atoms with Crippen LogP contribution >= 0.6 is 0 Å². The Balaban J connectivity index is 1.75. The molecule has 142 valence electrons. The fourth-order valence-electron chi connectivity index (χ4n) is 3.09. The number of ether oxygens (including phenoxy) is 1. The number of aromatic nitrogens is 2. The Labute approximate surface area is 161 Å². The quantitative estimate of drug-likeness (QED) is 0.746. The summed E-state index contributed by atoms with van der Waals surface area (Å²) in [7, 11) is 0. The predicted molar refractivity (Wildman–Crippen MR) is 106 cm³/mol. The second kappa shape index (κ2) is 9.42. The number of rotatable bonds is 7. The summed E-state index contributed by atoms with van der Waals surface area (Å²) in [5.74, 6) is 0.799. The summed E-state index contributed by atoms with van der Waals surface area (Å²) < 4.78 is 5.75. The van der Waals surface area contributed by atoms with Crippen LogP contribution in [-0.2, 0) is 4.74 Å². The molecule has 1 aliphatic rings. The molecule has 5 heteroatoms. The number of amides is 1. The lowest BCUT2D eigenvalue weighted by molar-refractivity contribution is 0.0549. The molecule has 2 aromatic rings. The molecule has 1 amide bonds. The predicted octanol–water partition coefficient (Wildman–Crippen LogP) is 3.93. The molecule has 0 spiro atoms. The molecular weight excluding hydrogens is 338 g/mol. The molecule has 3 rings (SSSR count). The minimum atomic E-state index is -0.0764. The van der Waals surface area contributed by atoms with E-state index in [9.17, 15) is 4.79 Å². The van der Waals surface area contributed by atoms with Gasteiger partial charge in [0.1, 0.15) is 11.5 Å². The summed E-state index contributed by atoms with van der Waals surface area (Å²) >= 11 is 0. The van der Waals surface area contributed by atoms with Crippen molar-refractivity contribution in [1.82, 2.24) is 14.9 Å². The lowest BCUT2D eigenvalue weighted by Gasteiger charge is -2.24.